The fraction of sp³-hybridized carbons (Fsp3) is 0.200. The molecule has 2 amide bonds. The van der Waals surface area contributed by atoms with Crippen LogP contribution in [0.5, 0.6) is 23.0 Å². The molecule has 0 spiro atoms. The lowest BCUT2D eigenvalue weighted by Gasteiger charge is -2.26. The van der Waals surface area contributed by atoms with Gasteiger partial charge in [-0.2, -0.15) is 0 Å². The van der Waals surface area contributed by atoms with Crippen LogP contribution >= 0.6 is 0 Å². The lowest BCUT2D eigenvalue weighted by molar-refractivity contribution is 0.0789. The molecule has 33 heavy (non-hydrogen) atoms. The molecule has 1 aliphatic heterocycles. The van der Waals surface area contributed by atoms with Gasteiger partial charge in [0.05, 0.1) is 20.8 Å². The number of rotatable bonds is 7. The molecule has 1 heterocycles. The Kier molecular flexibility index (Phi) is 6.64. The number of para-hydroxylation sites is 2. The lowest BCUT2D eigenvalue weighted by Crippen LogP contribution is -2.40. The zero-order chi connectivity index (χ0) is 23.2. The van der Waals surface area contributed by atoms with Gasteiger partial charge in [0, 0.05) is 16.8 Å². The normalized spacial score (nSPS) is 14.2. The van der Waals surface area contributed by atoms with Crippen molar-refractivity contribution in [2.45, 2.75) is 6.10 Å². The molecule has 1 aliphatic rings. The number of fused-ring (bicyclic) bond motifs is 1. The summed E-state index contributed by atoms with van der Waals surface area (Å²) in [6.07, 6.45) is -0.274. The summed E-state index contributed by atoms with van der Waals surface area (Å²) in [7, 11) is 3.04. The number of amides is 2. The summed E-state index contributed by atoms with van der Waals surface area (Å²) in [6, 6.07) is 19.0. The molecule has 0 aliphatic carbocycles. The van der Waals surface area contributed by atoms with Gasteiger partial charge in [0.15, 0.2) is 23.0 Å². The standard InChI is InChI=1S/C25H24N2O6/c1-30-20-12-9-17(13-23(20)31-2)25(29)27-18-10-7-16(8-11-18)24(28)26-14-19-15-32-21-5-3-4-6-22(21)33-19/h3-13,19H,14-15H2,1-2H3,(H,26,28)(H,27,29)/t19-/m0/s1. The molecule has 1 atom stereocenters. The number of methoxy groups -OCH3 is 2. The number of benzene rings is 3. The lowest BCUT2D eigenvalue weighted by atomic mass is 10.1. The highest BCUT2D eigenvalue weighted by Gasteiger charge is 2.21. The predicted molar refractivity (Wildman–Crippen MR) is 123 cm³/mol. The maximum absolute atomic E-state index is 12.6. The van der Waals surface area contributed by atoms with Crippen molar-refractivity contribution in [2.24, 2.45) is 0 Å². The summed E-state index contributed by atoms with van der Waals surface area (Å²) in [5.41, 5.74) is 1.45. The van der Waals surface area contributed by atoms with Crippen LogP contribution in [0.3, 0.4) is 0 Å². The third kappa shape index (κ3) is 5.17. The van der Waals surface area contributed by atoms with Gasteiger partial charge in [-0.15, -0.1) is 0 Å². The van der Waals surface area contributed by atoms with E-state index >= 15 is 0 Å². The fourth-order valence-corrected chi connectivity index (χ4v) is 3.36. The largest absolute Gasteiger partial charge is 0.493 e. The van der Waals surface area contributed by atoms with Crippen LogP contribution in [0.2, 0.25) is 0 Å². The third-order valence-corrected chi connectivity index (χ3v) is 5.11. The minimum Gasteiger partial charge on any atom is -0.493 e. The monoisotopic (exact) mass is 448 g/mol. The first-order valence-corrected chi connectivity index (χ1v) is 10.4. The molecule has 0 saturated carbocycles. The van der Waals surface area contributed by atoms with E-state index in [0.29, 0.717) is 53.0 Å². The Labute approximate surface area is 191 Å². The highest BCUT2D eigenvalue weighted by atomic mass is 16.6. The highest BCUT2D eigenvalue weighted by Crippen LogP contribution is 2.31. The van der Waals surface area contributed by atoms with Gasteiger partial charge in [0.2, 0.25) is 0 Å². The molecule has 0 saturated heterocycles. The molecular formula is C25H24N2O6. The topological polar surface area (TPSA) is 95.1 Å². The second-order valence-electron chi connectivity index (χ2n) is 7.31. The van der Waals surface area contributed by atoms with Crippen LogP contribution in [-0.2, 0) is 0 Å². The first kappa shape index (κ1) is 22.0. The van der Waals surface area contributed by atoms with E-state index in [1.165, 1.54) is 14.2 Å². The molecule has 2 N–H and O–H groups in total. The highest BCUT2D eigenvalue weighted by molar-refractivity contribution is 6.05. The summed E-state index contributed by atoms with van der Waals surface area (Å²) in [4.78, 5) is 25.1. The maximum Gasteiger partial charge on any atom is 0.255 e. The zero-order valence-electron chi connectivity index (χ0n) is 18.3. The Hall–Kier alpha value is -4.20. The molecule has 0 aromatic heterocycles. The molecule has 0 radical (unpaired) electrons. The zero-order valence-corrected chi connectivity index (χ0v) is 18.3. The fourth-order valence-electron chi connectivity index (χ4n) is 3.36. The van der Waals surface area contributed by atoms with Crippen molar-refractivity contribution in [3.8, 4) is 23.0 Å². The van der Waals surface area contributed by atoms with Gasteiger partial charge in [-0.3, -0.25) is 9.59 Å². The van der Waals surface area contributed by atoms with E-state index in [1.807, 2.05) is 24.3 Å². The van der Waals surface area contributed by atoms with Crippen LogP contribution in [0.4, 0.5) is 5.69 Å². The van der Waals surface area contributed by atoms with Crippen LogP contribution in [0, 0.1) is 0 Å². The van der Waals surface area contributed by atoms with Crippen molar-refractivity contribution < 1.29 is 28.5 Å². The number of ether oxygens (including phenoxy) is 4. The molecule has 0 bridgehead atoms. The Bertz CT molecular complexity index is 1150. The maximum atomic E-state index is 12.6. The van der Waals surface area contributed by atoms with Gasteiger partial charge >= 0.3 is 0 Å². The third-order valence-electron chi connectivity index (χ3n) is 5.11. The minimum atomic E-state index is -0.303. The van der Waals surface area contributed by atoms with Crippen LogP contribution in [0.1, 0.15) is 20.7 Å². The van der Waals surface area contributed by atoms with Gasteiger partial charge in [0.1, 0.15) is 12.7 Å². The van der Waals surface area contributed by atoms with Crippen molar-refractivity contribution in [1.29, 1.82) is 0 Å². The van der Waals surface area contributed by atoms with Crippen LogP contribution in [0.15, 0.2) is 66.7 Å². The molecule has 0 unspecified atom stereocenters. The quantitative estimate of drug-likeness (QED) is 0.574. The Morgan fingerprint density at radius 2 is 1.58 bits per heavy atom. The number of hydrogen-bond donors (Lipinski definition) is 2. The Balaban J connectivity index is 1.31. The molecule has 8 nitrogen and oxygen atoms in total. The molecule has 4 rings (SSSR count). The van der Waals surface area contributed by atoms with Crippen LogP contribution in [0.25, 0.3) is 0 Å². The number of hydrogen-bond acceptors (Lipinski definition) is 6. The van der Waals surface area contributed by atoms with Crippen molar-refractivity contribution in [1.82, 2.24) is 5.32 Å². The molecule has 8 heteroatoms. The van der Waals surface area contributed by atoms with Gasteiger partial charge in [-0.05, 0) is 54.6 Å². The van der Waals surface area contributed by atoms with Crippen molar-refractivity contribution in [3.05, 3.63) is 77.9 Å². The Morgan fingerprint density at radius 3 is 2.30 bits per heavy atom. The SMILES string of the molecule is COc1ccc(C(=O)Nc2ccc(C(=O)NC[C@H]3COc4ccccc4O3)cc2)cc1OC. The van der Waals surface area contributed by atoms with Crippen LogP contribution < -0.4 is 29.6 Å². The van der Waals surface area contributed by atoms with Crippen molar-refractivity contribution in [2.75, 3.05) is 32.7 Å². The van der Waals surface area contributed by atoms with E-state index in [2.05, 4.69) is 10.6 Å². The van der Waals surface area contributed by atoms with Crippen molar-refractivity contribution in [3.63, 3.8) is 0 Å². The number of carbonyl (C=O) groups is 2. The molecule has 170 valence electrons. The summed E-state index contributed by atoms with van der Waals surface area (Å²) < 4.78 is 21.9. The smallest absolute Gasteiger partial charge is 0.255 e. The molecule has 3 aromatic rings. The average molecular weight is 448 g/mol. The van der Waals surface area contributed by atoms with Crippen molar-refractivity contribution >= 4 is 17.5 Å². The van der Waals surface area contributed by atoms with E-state index < -0.39 is 0 Å². The predicted octanol–water partition coefficient (Wildman–Crippen LogP) is 3.53. The summed E-state index contributed by atoms with van der Waals surface area (Å²) in [5, 5.41) is 5.65. The van der Waals surface area contributed by atoms with E-state index in [0.717, 1.165) is 0 Å². The van der Waals surface area contributed by atoms with Crippen LogP contribution in [-0.4, -0.2) is 45.3 Å². The number of carbonyl (C=O) groups excluding carboxylic acids is 2. The molecular weight excluding hydrogens is 424 g/mol. The summed E-state index contributed by atoms with van der Waals surface area (Å²) >= 11 is 0. The Morgan fingerprint density at radius 1 is 0.879 bits per heavy atom. The first-order valence-electron chi connectivity index (χ1n) is 10.4. The van der Waals surface area contributed by atoms with Gasteiger partial charge in [-0.25, -0.2) is 0 Å². The minimum absolute atomic E-state index is 0.241. The van der Waals surface area contributed by atoms with E-state index in [9.17, 15) is 9.59 Å². The molecule has 3 aromatic carbocycles. The van der Waals surface area contributed by atoms with E-state index in [4.69, 9.17) is 18.9 Å². The van der Waals surface area contributed by atoms with E-state index in [1.54, 1.807) is 42.5 Å². The summed E-state index contributed by atoms with van der Waals surface area (Å²) in [5.74, 6) is 1.83. The van der Waals surface area contributed by atoms with E-state index in [-0.39, 0.29) is 17.9 Å². The van der Waals surface area contributed by atoms with Gasteiger partial charge in [-0.1, -0.05) is 12.1 Å². The first-order chi connectivity index (χ1) is 16.1. The summed E-state index contributed by atoms with van der Waals surface area (Å²) in [6.45, 7) is 0.670. The van der Waals surface area contributed by atoms with Gasteiger partial charge in [0.25, 0.3) is 11.8 Å². The van der Waals surface area contributed by atoms with Gasteiger partial charge < -0.3 is 29.6 Å². The number of nitrogens with one attached hydrogen (secondary N) is 2. The molecule has 0 fully saturated rings. The second-order valence-corrected chi connectivity index (χ2v) is 7.31. The average Bonchev–Trinajstić information content (AvgIpc) is 2.87. The number of anilines is 1. The second kappa shape index (κ2) is 9.95.